The van der Waals surface area contributed by atoms with Gasteiger partial charge in [0, 0.05) is 36.9 Å². The number of fused-ring (bicyclic) bond motifs is 1. The first-order valence-corrected chi connectivity index (χ1v) is 10.4. The number of nitrogens with one attached hydrogen (secondary N) is 1. The summed E-state index contributed by atoms with van der Waals surface area (Å²) < 4.78 is 24.7. The molecule has 1 fully saturated rings. The number of methoxy groups -OCH3 is 1. The van der Waals surface area contributed by atoms with Crippen molar-refractivity contribution in [3.05, 3.63) is 65.1 Å². The molecule has 170 valence electrons. The molecule has 1 aromatic carbocycles. The van der Waals surface area contributed by atoms with Crippen molar-refractivity contribution >= 4 is 34.8 Å². The average Bonchev–Trinajstić information content (AvgIpc) is 3.19. The number of rotatable bonds is 6. The van der Waals surface area contributed by atoms with Crippen LogP contribution in [0.15, 0.2) is 48.2 Å². The second-order valence-electron chi connectivity index (χ2n) is 7.62. The lowest BCUT2D eigenvalue weighted by molar-refractivity contribution is -0.117. The van der Waals surface area contributed by atoms with Gasteiger partial charge in [-0.3, -0.25) is 14.7 Å². The Kier molecular flexibility index (Phi) is 6.21. The van der Waals surface area contributed by atoms with E-state index in [0.717, 1.165) is 0 Å². The van der Waals surface area contributed by atoms with E-state index < -0.39 is 18.0 Å². The van der Waals surface area contributed by atoms with Gasteiger partial charge in [-0.25, -0.2) is 14.2 Å². The Labute approximate surface area is 190 Å². The lowest BCUT2D eigenvalue weighted by Crippen LogP contribution is -2.26. The molecular weight excluding hydrogens is 427 g/mol. The van der Waals surface area contributed by atoms with Crippen LogP contribution in [0, 0.1) is 12.7 Å². The molecule has 3 heterocycles. The van der Waals surface area contributed by atoms with Crippen LogP contribution in [0.3, 0.4) is 0 Å². The quantitative estimate of drug-likeness (QED) is 0.577. The van der Waals surface area contributed by atoms with Crippen LogP contribution >= 0.6 is 0 Å². The number of aryl methyl sites for hydroxylation is 1. The fraction of sp³-hybridized carbons (Fsp3) is 0.250. The van der Waals surface area contributed by atoms with Crippen molar-refractivity contribution in [2.24, 2.45) is 0 Å². The first-order valence-electron chi connectivity index (χ1n) is 10.4. The van der Waals surface area contributed by atoms with E-state index in [1.165, 1.54) is 25.1 Å². The number of benzene rings is 1. The van der Waals surface area contributed by atoms with Gasteiger partial charge in [-0.2, -0.15) is 0 Å². The third kappa shape index (κ3) is 4.62. The molecule has 33 heavy (non-hydrogen) atoms. The highest BCUT2D eigenvalue weighted by Gasteiger charge is 2.34. The number of amides is 2. The Morgan fingerprint density at radius 2 is 2.15 bits per heavy atom. The van der Waals surface area contributed by atoms with Crippen LogP contribution in [0.25, 0.3) is 17.1 Å². The minimum absolute atomic E-state index is 0.171. The van der Waals surface area contributed by atoms with E-state index in [2.05, 4.69) is 15.3 Å². The van der Waals surface area contributed by atoms with Crippen LogP contribution in [0.1, 0.15) is 17.5 Å². The van der Waals surface area contributed by atoms with Crippen molar-refractivity contribution in [2.45, 2.75) is 19.4 Å². The minimum Gasteiger partial charge on any atom is -0.481 e. The zero-order valence-corrected chi connectivity index (χ0v) is 18.5. The van der Waals surface area contributed by atoms with Crippen LogP contribution < -0.4 is 15.0 Å². The van der Waals surface area contributed by atoms with Gasteiger partial charge in [0.15, 0.2) is 0 Å². The van der Waals surface area contributed by atoms with E-state index >= 15 is 0 Å². The number of aromatic nitrogens is 2. The van der Waals surface area contributed by atoms with Gasteiger partial charge in [0.2, 0.25) is 11.8 Å². The largest absolute Gasteiger partial charge is 0.481 e. The number of pyridine rings is 2. The van der Waals surface area contributed by atoms with Crippen LogP contribution in [0.4, 0.5) is 14.9 Å². The van der Waals surface area contributed by atoms with Crippen LogP contribution in [-0.4, -0.2) is 48.8 Å². The van der Waals surface area contributed by atoms with Crippen LogP contribution in [0.5, 0.6) is 5.88 Å². The second-order valence-corrected chi connectivity index (χ2v) is 7.62. The van der Waals surface area contributed by atoms with E-state index in [4.69, 9.17) is 9.47 Å². The third-order valence-electron chi connectivity index (χ3n) is 5.44. The highest BCUT2D eigenvalue weighted by Crippen LogP contribution is 2.28. The summed E-state index contributed by atoms with van der Waals surface area (Å²) in [4.78, 5) is 35.2. The van der Waals surface area contributed by atoms with Crippen LogP contribution in [0.2, 0.25) is 0 Å². The number of nitrogens with zero attached hydrogens (tertiary/aromatic N) is 3. The highest BCUT2D eigenvalue weighted by atomic mass is 19.1. The Morgan fingerprint density at radius 1 is 1.33 bits per heavy atom. The van der Waals surface area contributed by atoms with E-state index in [1.807, 2.05) is 0 Å². The zero-order chi connectivity index (χ0) is 23.5. The van der Waals surface area contributed by atoms with Crippen molar-refractivity contribution in [3.8, 4) is 5.88 Å². The van der Waals surface area contributed by atoms with Crippen LogP contribution in [-0.2, 0) is 9.53 Å². The number of halogens is 1. The first kappa shape index (κ1) is 22.2. The number of ether oxygens (including phenoxy) is 2. The average molecular weight is 450 g/mol. The molecule has 1 saturated heterocycles. The number of carbonyl (C=O) groups is 2. The predicted molar refractivity (Wildman–Crippen MR) is 122 cm³/mol. The maximum Gasteiger partial charge on any atom is 0.414 e. The van der Waals surface area contributed by atoms with Gasteiger partial charge in [0.1, 0.15) is 11.9 Å². The molecule has 8 nitrogen and oxygen atoms in total. The second kappa shape index (κ2) is 9.23. The number of anilines is 1. The highest BCUT2D eigenvalue weighted by molar-refractivity contribution is 6.00. The van der Waals surface area contributed by atoms with Gasteiger partial charge in [0.05, 0.1) is 30.4 Å². The van der Waals surface area contributed by atoms with Crippen molar-refractivity contribution in [1.82, 2.24) is 15.3 Å². The summed E-state index contributed by atoms with van der Waals surface area (Å²) >= 11 is 0. The Bertz CT molecular complexity index is 1260. The Balaban J connectivity index is 1.62. The summed E-state index contributed by atoms with van der Waals surface area (Å²) in [5, 5.41) is 2.63. The van der Waals surface area contributed by atoms with Crippen molar-refractivity contribution in [3.63, 3.8) is 0 Å². The number of hydrogen-bond acceptors (Lipinski definition) is 6. The number of likely N-dealkylation sites (N-methyl/N-ethyl adjacent to an activating group) is 1. The zero-order valence-electron chi connectivity index (χ0n) is 18.5. The smallest absolute Gasteiger partial charge is 0.414 e. The Morgan fingerprint density at radius 3 is 2.88 bits per heavy atom. The standard InChI is InChI=1S/C24H23FN4O4/c1-14-4-5-17(12-19(14)25)29-13-18(33-24(29)31)11-16(23(30)26-2)10-15-8-9-27-20-6-7-21(32-3)28-22(15)20/h4-10,12,18H,11,13H2,1-3H3,(H,26,30)/t18-/m0/s1. The van der Waals surface area contributed by atoms with Gasteiger partial charge in [0.25, 0.3) is 0 Å². The van der Waals surface area contributed by atoms with Gasteiger partial charge >= 0.3 is 6.09 Å². The molecule has 1 atom stereocenters. The molecule has 2 aromatic heterocycles. The fourth-order valence-electron chi connectivity index (χ4n) is 3.66. The summed E-state index contributed by atoms with van der Waals surface area (Å²) in [6, 6.07) is 9.82. The lowest BCUT2D eigenvalue weighted by atomic mass is 10.0. The normalized spacial score (nSPS) is 16.1. The summed E-state index contributed by atoms with van der Waals surface area (Å²) in [7, 11) is 3.06. The molecular formula is C24H23FN4O4. The molecule has 0 saturated carbocycles. The summed E-state index contributed by atoms with van der Waals surface area (Å²) in [6.45, 7) is 1.84. The molecule has 0 radical (unpaired) electrons. The monoisotopic (exact) mass is 450 g/mol. The maximum absolute atomic E-state index is 14.0. The van der Waals surface area contributed by atoms with E-state index in [1.54, 1.807) is 49.5 Å². The molecule has 1 aliphatic rings. The minimum atomic E-state index is -0.583. The molecule has 3 aromatic rings. The predicted octanol–water partition coefficient (Wildman–Crippen LogP) is 3.63. The maximum atomic E-state index is 14.0. The molecule has 0 bridgehead atoms. The SMILES string of the molecule is CNC(=O)C(=Cc1ccnc2ccc(OC)nc12)C[C@H]1CN(c2ccc(C)c(F)c2)C(=O)O1. The lowest BCUT2D eigenvalue weighted by Gasteiger charge is -2.14. The summed E-state index contributed by atoms with van der Waals surface area (Å²) in [5.74, 6) is -0.279. The van der Waals surface area contributed by atoms with Gasteiger partial charge < -0.3 is 14.8 Å². The molecule has 1 aliphatic heterocycles. The van der Waals surface area contributed by atoms with E-state index in [-0.39, 0.29) is 18.9 Å². The number of hydrogen-bond donors (Lipinski definition) is 1. The van der Waals surface area contributed by atoms with E-state index in [0.29, 0.717) is 39.3 Å². The number of cyclic esters (lactones) is 1. The van der Waals surface area contributed by atoms with Crippen molar-refractivity contribution in [1.29, 1.82) is 0 Å². The van der Waals surface area contributed by atoms with E-state index in [9.17, 15) is 14.0 Å². The van der Waals surface area contributed by atoms with Crippen molar-refractivity contribution < 1.29 is 23.5 Å². The topological polar surface area (TPSA) is 93.6 Å². The van der Waals surface area contributed by atoms with Gasteiger partial charge in [-0.15, -0.1) is 0 Å². The third-order valence-corrected chi connectivity index (χ3v) is 5.44. The molecule has 0 unspecified atom stereocenters. The number of carbonyl (C=O) groups excluding carboxylic acids is 2. The Hall–Kier alpha value is -4.01. The molecule has 2 amide bonds. The van der Waals surface area contributed by atoms with Gasteiger partial charge in [-0.05, 0) is 42.8 Å². The molecule has 1 N–H and O–H groups in total. The fourth-order valence-corrected chi connectivity index (χ4v) is 3.66. The van der Waals surface area contributed by atoms with Crippen molar-refractivity contribution in [2.75, 3.05) is 25.6 Å². The summed E-state index contributed by atoms with van der Waals surface area (Å²) in [6.07, 6.45) is 2.34. The molecule has 4 rings (SSSR count). The molecule has 9 heteroatoms. The summed E-state index contributed by atoms with van der Waals surface area (Å²) in [5.41, 5.74) is 3.22. The molecule has 0 spiro atoms. The molecule has 0 aliphatic carbocycles. The first-order chi connectivity index (χ1) is 15.9. The van der Waals surface area contributed by atoms with Gasteiger partial charge in [-0.1, -0.05) is 6.07 Å².